The first-order chi connectivity index (χ1) is 10.1. The van der Waals surface area contributed by atoms with Crippen LogP contribution in [-0.4, -0.2) is 27.4 Å². The lowest BCUT2D eigenvalue weighted by molar-refractivity contribution is 0.808. The summed E-state index contributed by atoms with van der Waals surface area (Å²) in [4.78, 5) is 8.59. The van der Waals surface area contributed by atoms with Crippen LogP contribution < -0.4 is 10.8 Å². The molecule has 0 saturated carbocycles. The Morgan fingerprint density at radius 3 is 2.76 bits per heavy atom. The molecule has 0 aromatic carbocycles. The van der Waals surface area contributed by atoms with Gasteiger partial charge in [0.2, 0.25) is 0 Å². The van der Waals surface area contributed by atoms with Crippen molar-refractivity contribution in [3.63, 3.8) is 0 Å². The summed E-state index contributed by atoms with van der Waals surface area (Å²) in [6, 6.07) is 5.98. The number of fused-ring (bicyclic) bond motifs is 1. The summed E-state index contributed by atoms with van der Waals surface area (Å²) in [5.41, 5.74) is 3.43. The third-order valence-corrected chi connectivity index (χ3v) is 3.33. The number of nitrogens with one attached hydrogen (secondary N) is 1. The standard InChI is InChI=1S/C15H16BN5/c1-10(2)13-7-14(18-8-11-3-5-17-6-4-11)21-15(20-13)12(16)9-19-21/h3-7,9-10,18H,8H2,1-2H3. The van der Waals surface area contributed by atoms with Crippen LogP contribution in [0.1, 0.15) is 31.0 Å². The molecule has 6 heteroatoms. The van der Waals surface area contributed by atoms with Crippen LogP contribution in [0.2, 0.25) is 0 Å². The molecule has 21 heavy (non-hydrogen) atoms. The second-order valence-electron chi connectivity index (χ2n) is 5.27. The average Bonchev–Trinajstić information content (AvgIpc) is 2.87. The second-order valence-corrected chi connectivity index (χ2v) is 5.27. The maximum Gasteiger partial charge on any atom is 0.150 e. The van der Waals surface area contributed by atoms with Gasteiger partial charge in [-0.25, -0.2) is 4.98 Å². The molecule has 1 N–H and O–H groups in total. The molecule has 0 aliphatic heterocycles. The fraction of sp³-hybridized carbons (Fsp3) is 0.267. The maximum atomic E-state index is 5.94. The summed E-state index contributed by atoms with van der Waals surface area (Å²) in [6.07, 6.45) is 5.19. The largest absolute Gasteiger partial charge is 0.366 e. The van der Waals surface area contributed by atoms with Gasteiger partial charge in [-0.15, -0.1) is 0 Å². The predicted octanol–water partition coefficient (Wildman–Crippen LogP) is 1.65. The summed E-state index contributed by atoms with van der Waals surface area (Å²) < 4.78 is 1.74. The van der Waals surface area contributed by atoms with Crippen molar-refractivity contribution in [1.82, 2.24) is 19.6 Å². The third kappa shape index (κ3) is 2.74. The van der Waals surface area contributed by atoms with Gasteiger partial charge in [-0.2, -0.15) is 9.61 Å². The number of hydrogen-bond acceptors (Lipinski definition) is 4. The first-order valence-electron chi connectivity index (χ1n) is 6.92. The highest BCUT2D eigenvalue weighted by Gasteiger charge is 2.10. The van der Waals surface area contributed by atoms with Gasteiger partial charge in [0.25, 0.3) is 0 Å². The molecule has 0 aliphatic carbocycles. The number of aromatic nitrogens is 4. The summed E-state index contributed by atoms with van der Waals surface area (Å²) in [5.74, 6) is 1.21. The van der Waals surface area contributed by atoms with Crippen molar-refractivity contribution in [2.24, 2.45) is 0 Å². The molecule has 0 unspecified atom stereocenters. The van der Waals surface area contributed by atoms with Gasteiger partial charge in [0.1, 0.15) is 19.3 Å². The average molecular weight is 277 g/mol. The Hall–Kier alpha value is -2.37. The van der Waals surface area contributed by atoms with Gasteiger partial charge in [-0.3, -0.25) is 4.98 Å². The molecule has 0 fully saturated rings. The number of hydrogen-bond donors (Lipinski definition) is 1. The van der Waals surface area contributed by atoms with E-state index in [0.717, 1.165) is 17.1 Å². The molecule has 0 bridgehead atoms. The van der Waals surface area contributed by atoms with Crippen LogP contribution in [0.5, 0.6) is 0 Å². The smallest absolute Gasteiger partial charge is 0.150 e. The molecule has 2 radical (unpaired) electrons. The minimum atomic E-state index is 0.325. The van der Waals surface area contributed by atoms with Gasteiger partial charge in [-0.05, 0) is 29.1 Å². The van der Waals surface area contributed by atoms with E-state index in [1.807, 2.05) is 18.2 Å². The summed E-state index contributed by atoms with van der Waals surface area (Å²) in [6.45, 7) is 4.91. The summed E-state index contributed by atoms with van der Waals surface area (Å²) in [5, 5.41) is 7.67. The van der Waals surface area contributed by atoms with E-state index in [1.54, 1.807) is 23.1 Å². The topological polar surface area (TPSA) is 55.1 Å². The third-order valence-electron chi connectivity index (χ3n) is 3.33. The number of nitrogens with zero attached hydrogens (tertiary/aromatic N) is 4. The lowest BCUT2D eigenvalue weighted by atomic mass is 10.0. The van der Waals surface area contributed by atoms with Crippen LogP contribution >= 0.6 is 0 Å². The Morgan fingerprint density at radius 2 is 2.05 bits per heavy atom. The van der Waals surface area contributed by atoms with E-state index >= 15 is 0 Å². The first-order valence-corrected chi connectivity index (χ1v) is 6.92. The zero-order valence-electron chi connectivity index (χ0n) is 12.1. The second kappa shape index (κ2) is 5.56. The normalized spacial score (nSPS) is 11.2. The van der Waals surface area contributed by atoms with Crippen LogP contribution in [-0.2, 0) is 6.54 Å². The van der Waals surface area contributed by atoms with Gasteiger partial charge in [0, 0.05) is 36.9 Å². The molecule has 3 heterocycles. The Bertz CT molecular complexity index is 751. The molecule has 0 atom stereocenters. The minimum absolute atomic E-state index is 0.325. The Kier molecular flexibility index (Phi) is 3.60. The highest BCUT2D eigenvalue weighted by molar-refractivity contribution is 6.36. The van der Waals surface area contributed by atoms with Crippen LogP contribution in [0.4, 0.5) is 5.82 Å². The highest BCUT2D eigenvalue weighted by atomic mass is 15.3. The van der Waals surface area contributed by atoms with Gasteiger partial charge in [-0.1, -0.05) is 13.8 Å². The number of anilines is 1. The molecular weight excluding hydrogens is 261 g/mol. The molecular formula is C15H16BN5. The lowest BCUT2D eigenvalue weighted by Crippen LogP contribution is -2.11. The molecule has 0 spiro atoms. The van der Waals surface area contributed by atoms with E-state index < -0.39 is 0 Å². The van der Waals surface area contributed by atoms with Crippen molar-refractivity contribution in [2.75, 3.05) is 5.32 Å². The Labute approximate surface area is 124 Å². The van der Waals surface area contributed by atoms with Crippen molar-refractivity contribution < 1.29 is 0 Å². The molecule has 0 saturated heterocycles. The van der Waals surface area contributed by atoms with Gasteiger partial charge in [0.05, 0.1) is 0 Å². The van der Waals surface area contributed by atoms with Crippen LogP contribution in [0, 0.1) is 0 Å². The van der Waals surface area contributed by atoms with Gasteiger partial charge >= 0.3 is 0 Å². The fourth-order valence-corrected chi connectivity index (χ4v) is 2.11. The Balaban J connectivity index is 1.96. The molecule has 3 aromatic heterocycles. The zero-order chi connectivity index (χ0) is 14.8. The molecule has 3 aromatic rings. The van der Waals surface area contributed by atoms with E-state index in [-0.39, 0.29) is 0 Å². The van der Waals surface area contributed by atoms with E-state index in [2.05, 4.69) is 34.2 Å². The molecule has 5 nitrogen and oxygen atoms in total. The molecule has 0 aliphatic rings. The quantitative estimate of drug-likeness (QED) is 0.737. The van der Waals surface area contributed by atoms with Crippen molar-refractivity contribution in [3.05, 3.63) is 48.0 Å². The number of pyridine rings is 1. The molecule has 0 amide bonds. The molecule has 3 rings (SSSR count). The Morgan fingerprint density at radius 1 is 1.29 bits per heavy atom. The minimum Gasteiger partial charge on any atom is -0.366 e. The van der Waals surface area contributed by atoms with E-state index in [1.165, 1.54) is 0 Å². The highest BCUT2D eigenvalue weighted by Crippen LogP contribution is 2.18. The van der Waals surface area contributed by atoms with Crippen LogP contribution in [0.25, 0.3) is 5.65 Å². The van der Waals surface area contributed by atoms with Crippen molar-refractivity contribution in [1.29, 1.82) is 0 Å². The van der Waals surface area contributed by atoms with E-state index in [0.29, 0.717) is 23.6 Å². The monoisotopic (exact) mass is 277 g/mol. The van der Waals surface area contributed by atoms with E-state index in [4.69, 9.17) is 7.85 Å². The van der Waals surface area contributed by atoms with Crippen LogP contribution in [0.3, 0.4) is 0 Å². The van der Waals surface area contributed by atoms with Gasteiger partial charge < -0.3 is 5.32 Å². The lowest BCUT2D eigenvalue weighted by Gasteiger charge is -2.12. The van der Waals surface area contributed by atoms with Crippen molar-refractivity contribution in [3.8, 4) is 0 Å². The van der Waals surface area contributed by atoms with E-state index in [9.17, 15) is 0 Å². The van der Waals surface area contributed by atoms with Crippen LogP contribution in [0.15, 0.2) is 36.8 Å². The predicted molar refractivity (Wildman–Crippen MR) is 84.0 cm³/mol. The number of rotatable bonds is 4. The van der Waals surface area contributed by atoms with Crippen molar-refractivity contribution >= 4 is 24.8 Å². The zero-order valence-corrected chi connectivity index (χ0v) is 12.1. The van der Waals surface area contributed by atoms with Gasteiger partial charge in [0.15, 0.2) is 0 Å². The molecule has 104 valence electrons. The summed E-state index contributed by atoms with van der Waals surface area (Å²) >= 11 is 0. The summed E-state index contributed by atoms with van der Waals surface area (Å²) in [7, 11) is 5.94. The fourth-order valence-electron chi connectivity index (χ4n) is 2.11. The maximum absolute atomic E-state index is 5.94. The SMILES string of the molecule is [B]c1cnn2c(NCc3ccncc3)cc(C(C)C)nc12. The van der Waals surface area contributed by atoms with Crippen molar-refractivity contribution in [2.45, 2.75) is 26.3 Å². The first kappa shape index (κ1) is 13.6.